The van der Waals surface area contributed by atoms with E-state index in [0.717, 1.165) is 0 Å². The fourth-order valence-corrected chi connectivity index (χ4v) is 2.93. The molecule has 0 aliphatic carbocycles. The summed E-state index contributed by atoms with van der Waals surface area (Å²) in [5, 5.41) is 0. The zero-order chi connectivity index (χ0) is 15.2. The number of amides is 1. The molecule has 0 bridgehead atoms. The number of hydrogen-bond acceptors (Lipinski definition) is 5. The molecule has 1 amide bonds. The van der Waals surface area contributed by atoms with Gasteiger partial charge in [0.25, 0.3) is 5.91 Å². The van der Waals surface area contributed by atoms with Crippen LogP contribution in [0.15, 0.2) is 24.3 Å². The van der Waals surface area contributed by atoms with Crippen LogP contribution in [0.3, 0.4) is 0 Å². The average molecular weight is 301 g/mol. The Morgan fingerprint density at radius 3 is 2.40 bits per heavy atom. The molecule has 1 N–H and O–H groups in total. The maximum absolute atomic E-state index is 11.6. The third kappa shape index (κ3) is 5.48. The van der Waals surface area contributed by atoms with Crippen LogP contribution in [0.1, 0.15) is 13.8 Å². The largest absolute Gasteiger partial charge is 0.493 e. The number of sulfonamides is 1. The zero-order valence-corrected chi connectivity index (χ0v) is 12.6. The highest BCUT2D eigenvalue weighted by atomic mass is 32.2. The number of ether oxygens (including phenoxy) is 2. The Bertz CT molecular complexity index is 554. The molecule has 0 unspecified atom stereocenters. The molecule has 0 atom stereocenters. The van der Waals surface area contributed by atoms with Crippen molar-refractivity contribution in [3.63, 3.8) is 0 Å². The van der Waals surface area contributed by atoms with Crippen LogP contribution in [0.25, 0.3) is 0 Å². The molecule has 7 heteroatoms. The van der Waals surface area contributed by atoms with E-state index in [-0.39, 0.29) is 11.7 Å². The maximum Gasteiger partial charge on any atom is 0.271 e. The predicted octanol–water partition coefficient (Wildman–Crippen LogP) is 1.18. The number of rotatable bonds is 7. The first-order chi connectivity index (χ1) is 9.34. The molecule has 0 aliphatic heterocycles. The lowest BCUT2D eigenvalue weighted by Crippen LogP contribution is -2.37. The number of nitrogens with one attached hydrogen (secondary N) is 1. The second-order valence-electron chi connectivity index (χ2n) is 4.64. The van der Waals surface area contributed by atoms with E-state index in [9.17, 15) is 13.2 Å². The Kier molecular flexibility index (Phi) is 5.82. The predicted molar refractivity (Wildman–Crippen MR) is 75.3 cm³/mol. The summed E-state index contributed by atoms with van der Waals surface area (Å²) in [6.45, 7) is 3.13. The summed E-state index contributed by atoms with van der Waals surface area (Å²) in [4.78, 5) is 11.6. The van der Waals surface area contributed by atoms with Gasteiger partial charge < -0.3 is 9.47 Å². The molecular formula is C13H19NO5S. The van der Waals surface area contributed by atoms with Gasteiger partial charge in [0.15, 0.2) is 18.1 Å². The van der Waals surface area contributed by atoms with Gasteiger partial charge in [0.2, 0.25) is 10.0 Å². The van der Waals surface area contributed by atoms with Gasteiger partial charge in [0.05, 0.1) is 12.9 Å². The van der Waals surface area contributed by atoms with Crippen LogP contribution >= 0.6 is 0 Å². The molecule has 1 rings (SSSR count). The number of hydrogen-bond donors (Lipinski definition) is 1. The summed E-state index contributed by atoms with van der Waals surface area (Å²) in [5.74, 6) is -0.0170. The van der Waals surface area contributed by atoms with Crippen molar-refractivity contribution >= 4 is 15.9 Å². The Morgan fingerprint density at radius 1 is 1.25 bits per heavy atom. The van der Waals surface area contributed by atoms with E-state index in [2.05, 4.69) is 0 Å². The fraction of sp³-hybridized carbons (Fsp3) is 0.462. The minimum Gasteiger partial charge on any atom is -0.493 e. The van der Waals surface area contributed by atoms with Gasteiger partial charge in [-0.1, -0.05) is 26.0 Å². The molecule has 1 aromatic rings. The molecule has 6 nitrogen and oxygen atoms in total. The number of carbonyl (C=O) groups is 1. The van der Waals surface area contributed by atoms with E-state index < -0.39 is 22.5 Å². The van der Waals surface area contributed by atoms with Crippen LogP contribution in [0, 0.1) is 5.92 Å². The van der Waals surface area contributed by atoms with Crippen LogP contribution < -0.4 is 14.2 Å². The molecule has 1 aromatic carbocycles. The standard InChI is InChI=1S/C13H19NO5S/c1-10(2)9-20(16,17)14-13(15)8-19-12-7-5-4-6-11(12)18-3/h4-7,10H,8-9H2,1-3H3,(H,14,15). The van der Waals surface area contributed by atoms with Gasteiger partial charge in [-0.15, -0.1) is 0 Å². The van der Waals surface area contributed by atoms with E-state index in [1.165, 1.54) is 7.11 Å². The highest BCUT2D eigenvalue weighted by molar-refractivity contribution is 7.90. The molecule has 0 saturated heterocycles. The van der Waals surface area contributed by atoms with Crippen molar-refractivity contribution in [1.82, 2.24) is 4.72 Å². The van der Waals surface area contributed by atoms with E-state index >= 15 is 0 Å². The summed E-state index contributed by atoms with van der Waals surface area (Å²) < 4.78 is 35.4. The van der Waals surface area contributed by atoms with Crippen LogP contribution in [-0.2, 0) is 14.8 Å². The van der Waals surface area contributed by atoms with E-state index in [1.807, 2.05) is 4.72 Å². The molecule has 0 fully saturated rings. The van der Waals surface area contributed by atoms with E-state index in [1.54, 1.807) is 38.1 Å². The van der Waals surface area contributed by atoms with Gasteiger partial charge in [0, 0.05) is 0 Å². The number of benzene rings is 1. The van der Waals surface area contributed by atoms with Gasteiger partial charge in [-0.3, -0.25) is 9.52 Å². The summed E-state index contributed by atoms with van der Waals surface area (Å²) in [6, 6.07) is 6.81. The van der Waals surface area contributed by atoms with Crippen LogP contribution in [0.5, 0.6) is 11.5 Å². The number of carbonyl (C=O) groups excluding carboxylic acids is 1. The molecule has 20 heavy (non-hydrogen) atoms. The average Bonchev–Trinajstić information content (AvgIpc) is 2.34. The third-order valence-electron chi connectivity index (χ3n) is 2.25. The van der Waals surface area contributed by atoms with Gasteiger partial charge in [-0.05, 0) is 18.1 Å². The van der Waals surface area contributed by atoms with Gasteiger partial charge >= 0.3 is 0 Å². The molecule has 112 valence electrons. The second kappa shape index (κ2) is 7.14. The number of methoxy groups -OCH3 is 1. The van der Waals surface area contributed by atoms with Crippen molar-refractivity contribution in [3.8, 4) is 11.5 Å². The first-order valence-electron chi connectivity index (χ1n) is 6.13. The Morgan fingerprint density at radius 2 is 1.85 bits per heavy atom. The zero-order valence-electron chi connectivity index (χ0n) is 11.8. The Hall–Kier alpha value is -1.76. The molecule has 0 radical (unpaired) electrons. The lowest BCUT2D eigenvalue weighted by atomic mass is 10.3. The summed E-state index contributed by atoms with van der Waals surface area (Å²) >= 11 is 0. The van der Waals surface area contributed by atoms with Gasteiger partial charge in [-0.2, -0.15) is 0 Å². The third-order valence-corrected chi connectivity index (χ3v) is 3.89. The van der Waals surface area contributed by atoms with E-state index in [4.69, 9.17) is 9.47 Å². The first kappa shape index (κ1) is 16.3. The molecule has 0 aromatic heterocycles. The normalized spacial score (nSPS) is 11.2. The van der Waals surface area contributed by atoms with Crippen molar-refractivity contribution in [2.75, 3.05) is 19.5 Å². The van der Waals surface area contributed by atoms with Gasteiger partial charge in [0.1, 0.15) is 0 Å². The summed E-state index contributed by atoms with van der Waals surface area (Å²) in [6.07, 6.45) is 0. The van der Waals surface area contributed by atoms with Crippen molar-refractivity contribution < 1.29 is 22.7 Å². The first-order valence-corrected chi connectivity index (χ1v) is 7.78. The number of para-hydroxylation sites is 2. The van der Waals surface area contributed by atoms with Crippen LogP contribution in [0.4, 0.5) is 0 Å². The summed E-state index contributed by atoms with van der Waals surface area (Å²) in [7, 11) is -2.13. The smallest absolute Gasteiger partial charge is 0.271 e. The minimum absolute atomic E-state index is 0.0598. The monoisotopic (exact) mass is 301 g/mol. The van der Waals surface area contributed by atoms with Crippen molar-refractivity contribution in [2.24, 2.45) is 5.92 Å². The topological polar surface area (TPSA) is 81.7 Å². The summed E-state index contributed by atoms with van der Waals surface area (Å²) in [5.41, 5.74) is 0. The van der Waals surface area contributed by atoms with Crippen molar-refractivity contribution in [3.05, 3.63) is 24.3 Å². The van der Waals surface area contributed by atoms with Crippen molar-refractivity contribution in [1.29, 1.82) is 0 Å². The maximum atomic E-state index is 11.6. The van der Waals surface area contributed by atoms with E-state index in [0.29, 0.717) is 11.5 Å². The van der Waals surface area contributed by atoms with Crippen molar-refractivity contribution in [2.45, 2.75) is 13.8 Å². The molecule has 0 heterocycles. The minimum atomic E-state index is -3.61. The van der Waals surface area contributed by atoms with Crippen LogP contribution in [-0.4, -0.2) is 33.8 Å². The lowest BCUT2D eigenvalue weighted by molar-refractivity contribution is -0.121. The van der Waals surface area contributed by atoms with Gasteiger partial charge in [-0.25, -0.2) is 8.42 Å². The highest BCUT2D eigenvalue weighted by Gasteiger charge is 2.17. The quantitative estimate of drug-likeness (QED) is 0.817. The molecule has 0 aliphatic rings. The van der Waals surface area contributed by atoms with Crippen LogP contribution in [0.2, 0.25) is 0 Å². The lowest BCUT2D eigenvalue weighted by Gasteiger charge is -2.11. The Balaban J connectivity index is 2.56. The fourth-order valence-electron chi connectivity index (χ4n) is 1.56. The highest BCUT2D eigenvalue weighted by Crippen LogP contribution is 2.25. The molecule has 0 spiro atoms. The second-order valence-corrected chi connectivity index (χ2v) is 6.41. The SMILES string of the molecule is COc1ccccc1OCC(=O)NS(=O)(=O)CC(C)C. The molecular weight excluding hydrogens is 282 g/mol. The molecule has 0 saturated carbocycles. The Labute approximate surface area is 119 Å².